The van der Waals surface area contributed by atoms with Crippen LogP contribution in [0, 0.1) is 0 Å². The van der Waals surface area contributed by atoms with Crippen molar-refractivity contribution in [2.24, 2.45) is 0 Å². The summed E-state index contributed by atoms with van der Waals surface area (Å²) in [7, 11) is 0. The molecule has 22 heteroatoms. The summed E-state index contributed by atoms with van der Waals surface area (Å²) in [6.45, 7) is 4.18. The minimum Gasteiger partial charge on any atom is -0.338 e. The van der Waals surface area contributed by atoms with Gasteiger partial charge in [-0.1, -0.05) is 61.3 Å². The van der Waals surface area contributed by atoms with Gasteiger partial charge in [-0.2, -0.15) is 36.3 Å². The maximum Gasteiger partial charge on any atom is 0.432 e. The van der Waals surface area contributed by atoms with Gasteiger partial charge in [0.15, 0.2) is 11.6 Å². The molecule has 1 amide bonds. The minimum atomic E-state index is -4.54. The molecule has 0 fully saturated rings. The number of aromatic amines is 2. The zero-order chi connectivity index (χ0) is 44.4. The summed E-state index contributed by atoms with van der Waals surface area (Å²) < 4.78 is 77.4. The molecule has 5 heterocycles. The summed E-state index contributed by atoms with van der Waals surface area (Å²) in [5, 5.41) is 12.5. The van der Waals surface area contributed by atoms with E-state index >= 15 is 0 Å². The van der Waals surface area contributed by atoms with Gasteiger partial charge in [-0.15, -0.1) is 0 Å². The Labute approximate surface area is 363 Å². The van der Waals surface area contributed by atoms with Crippen LogP contribution >= 0.6 is 34.8 Å². The summed E-state index contributed by atoms with van der Waals surface area (Å²) in [4.78, 5) is 40.7. The zero-order valence-electron chi connectivity index (χ0n) is 32.1. The van der Waals surface area contributed by atoms with Gasteiger partial charge in [-0.25, -0.2) is 19.9 Å². The van der Waals surface area contributed by atoms with E-state index in [0.29, 0.717) is 35.3 Å². The third-order valence-corrected chi connectivity index (χ3v) is 10.1. The van der Waals surface area contributed by atoms with E-state index in [1.54, 1.807) is 48.5 Å². The van der Waals surface area contributed by atoms with Crippen molar-refractivity contribution < 1.29 is 31.1 Å². The SMILES string of the molecule is CC1(C)CCC(=O)Nc2ccc(Nc3ncc(Cl)c(Nc4ccccc4-c4ncc(C(F)(F)F)[nH]4)n3)cc21.FC(F)(F)c1cnc(-c2ccccc2Nc2nc(Cl)ncc2Cl)[nH]1. The van der Waals surface area contributed by atoms with Gasteiger partial charge < -0.3 is 31.2 Å². The molecule has 3 aromatic carbocycles. The Morgan fingerprint density at radius 2 is 1.19 bits per heavy atom. The number of benzene rings is 3. The van der Waals surface area contributed by atoms with E-state index in [-0.39, 0.29) is 55.9 Å². The molecule has 6 N–H and O–H groups in total. The van der Waals surface area contributed by atoms with Crippen LogP contribution in [0.1, 0.15) is 43.6 Å². The number of amides is 1. The van der Waals surface area contributed by atoms with Crippen LogP contribution < -0.4 is 21.3 Å². The Kier molecular flexibility index (Phi) is 12.3. The fourth-order valence-electron chi connectivity index (χ4n) is 6.20. The molecule has 4 aromatic heterocycles. The molecular weight excluding hydrogens is 885 g/mol. The molecule has 0 atom stereocenters. The number of aromatic nitrogens is 8. The molecule has 13 nitrogen and oxygen atoms in total. The van der Waals surface area contributed by atoms with Crippen LogP contribution in [-0.2, 0) is 22.6 Å². The van der Waals surface area contributed by atoms with Gasteiger partial charge in [0.05, 0.1) is 36.2 Å². The van der Waals surface area contributed by atoms with Crippen molar-refractivity contribution in [3.05, 3.63) is 124 Å². The molecule has 62 heavy (non-hydrogen) atoms. The molecule has 7 aromatic rings. The molecule has 0 radical (unpaired) electrons. The molecule has 8 rings (SSSR count). The number of H-pyrrole nitrogens is 2. The molecule has 0 saturated heterocycles. The monoisotopic (exact) mass is 914 g/mol. The third kappa shape index (κ3) is 10.2. The summed E-state index contributed by atoms with van der Waals surface area (Å²) in [5.41, 5.74) is 2.10. The van der Waals surface area contributed by atoms with Crippen LogP contribution in [0.15, 0.2) is 91.5 Å². The van der Waals surface area contributed by atoms with Crippen molar-refractivity contribution in [1.29, 1.82) is 0 Å². The second-order valence-corrected chi connectivity index (χ2v) is 15.3. The average Bonchev–Trinajstić information content (AvgIpc) is 3.91. The topological polar surface area (TPSA) is 174 Å². The first-order chi connectivity index (χ1) is 29.3. The molecule has 0 aliphatic carbocycles. The van der Waals surface area contributed by atoms with Crippen LogP contribution in [0.4, 0.5) is 66.7 Å². The number of nitrogens with zero attached hydrogens (tertiary/aromatic N) is 6. The third-order valence-electron chi connectivity index (χ3n) is 9.35. The lowest BCUT2D eigenvalue weighted by atomic mass is 9.80. The number of hydrogen-bond acceptors (Lipinski definition) is 10. The van der Waals surface area contributed by atoms with E-state index in [0.717, 1.165) is 29.3 Å². The predicted octanol–water partition coefficient (Wildman–Crippen LogP) is 12.0. The van der Waals surface area contributed by atoms with Crippen LogP contribution in [-0.4, -0.2) is 45.8 Å². The number of imidazole rings is 2. The van der Waals surface area contributed by atoms with Gasteiger partial charge in [-0.05, 0) is 71.5 Å². The van der Waals surface area contributed by atoms with Gasteiger partial charge in [0.2, 0.25) is 17.1 Å². The Bertz CT molecular complexity index is 2760. The van der Waals surface area contributed by atoms with Gasteiger partial charge in [-0.3, -0.25) is 4.79 Å². The first-order valence-electron chi connectivity index (χ1n) is 18.2. The number of halogens is 9. The first kappa shape index (κ1) is 43.6. The van der Waals surface area contributed by atoms with Gasteiger partial charge in [0.1, 0.15) is 33.1 Å². The van der Waals surface area contributed by atoms with Gasteiger partial charge in [0, 0.05) is 28.9 Å². The van der Waals surface area contributed by atoms with Gasteiger partial charge in [0.25, 0.3) is 0 Å². The van der Waals surface area contributed by atoms with Crippen LogP contribution in [0.5, 0.6) is 0 Å². The van der Waals surface area contributed by atoms with Crippen molar-refractivity contribution >= 4 is 81.0 Å². The van der Waals surface area contributed by atoms with Crippen molar-refractivity contribution in [1.82, 2.24) is 39.9 Å². The predicted molar refractivity (Wildman–Crippen MR) is 224 cm³/mol. The molecule has 1 aliphatic heterocycles. The molecule has 0 unspecified atom stereocenters. The Hall–Kier alpha value is -6.44. The van der Waals surface area contributed by atoms with E-state index < -0.39 is 23.7 Å². The molecule has 320 valence electrons. The van der Waals surface area contributed by atoms with Crippen LogP contribution in [0.3, 0.4) is 0 Å². The smallest absolute Gasteiger partial charge is 0.338 e. The Balaban J connectivity index is 0.000000207. The second-order valence-electron chi connectivity index (χ2n) is 14.2. The van der Waals surface area contributed by atoms with Crippen LogP contribution in [0.2, 0.25) is 15.3 Å². The summed E-state index contributed by atoms with van der Waals surface area (Å²) in [5.74, 6) is 0.819. The number of carbonyl (C=O) groups is 1. The fraction of sp³-hybridized carbons (Fsp3) is 0.175. The quantitative estimate of drug-likeness (QED) is 0.0636. The molecule has 0 spiro atoms. The number of anilines is 7. The highest BCUT2D eigenvalue weighted by atomic mass is 35.5. The molecule has 0 saturated carbocycles. The normalized spacial score (nSPS) is 13.6. The maximum absolute atomic E-state index is 13.1. The number of rotatable bonds is 8. The van der Waals surface area contributed by atoms with E-state index in [1.807, 2.05) is 18.2 Å². The number of nitrogens with one attached hydrogen (secondary N) is 6. The lowest BCUT2D eigenvalue weighted by Gasteiger charge is -2.25. The fourth-order valence-corrected chi connectivity index (χ4v) is 6.61. The second kappa shape index (κ2) is 17.5. The number of hydrogen-bond donors (Lipinski definition) is 6. The Morgan fingerprint density at radius 1 is 0.661 bits per heavy atom. The lowest BCUT2D eigenvalue weighted by molar-refractivity contribution is -0.141. The van der Waals surface area contributed by atoms with E-state index in [9.17, 15) is 31.1 Å². The highest BCUT2D eigenvalue weighted by Gasteiger charge is 2.34. The van der Waals surface area contributed by atoms with Gasteiger partial charge >= 0.3 is 12.4 Å². The summed E-state index contributed by atoms with van der Waals surface area (Å²) in [6, 6.07) is 19.0. The largest absolute Gasteiger partial charge is 0.432 e. The zero-order valence-corrected chi connectivity index (χ0v) is 34.3. The molecule has 1 aliphatic rings. The summed E-state index contributed by atoms with van der Waals surface area (Å²) >= 11 is 18.1. The number of fused-ring (bicyclic) bond motifs is 1. The molecular formula is C40H31Cl3F6N12O. The average molecular weight is 916 g/mol. The van der Waals surface area contributed by atoms with E-state index in [1.165, 1.54) is 12.4 Å². The first-order valence-corrected chi connectivity index (χ1v) is 19.4. The van der Waals surface area contributed by atoms with Crippen molar-refractivity contribution in [3.8, 4) is 22.8 Å². The van der Waals surface area contributed by atoms with Crippen molar-refractivity contribution in [3.63, 3.8) is 0 Å². The maximum atomic E-state index is 13.1. The molecule has 0 bridgehead atoms. The van der Waals surface area contributed by atoms with Crippen molar-refractivity contribution in [2.45, 2.75) is 44.5 Å². The van der Waals surface area contributed by atoms with Crippen molar-refractivity contribution in [2.75, 3.05) is 21.3 Å². The number of carbonyl (C=O) groups excluding carboxylic acids is 1. The Morgan fingerprint density at radius 3 is 1.74 bits per heavy atom. The standard InChI is InChI=1S/C26H23ClF3N7O.C14H8Cl2F3N5/c1-25(2)10-9-21(38)34-19-8-7-14(11-16(19)25)33-24-32-12-17(27)23(37-24)35-18-6-4-3-5-15(18)22-31-13-20(36-22)26(28,29)30;15-8-5-21-13(16)24-12(8)22-9-4-2-1-3-7(9)11-20-6-10(23-11)14(17,18)19/h3-8,11-13H,9-10H2,1-2H3,(H,31,36)(H,34,38)(H2,32,33,35,37);1-6H,(H,20,23)(H,21,22,24). The highest BCUT2D eigenvalue weighted by molar-refractivity contribution is 6.34. The van der Waals surface area contributed by atoms with Crippen LogP contribution in [0.25, 0.3) is 22.8 Å². The lowest BCUT2D eigenvalue weighted by Crippen LogP contribution is -2.16. The number of alkyl halides is 6. The van der Waals surface area contributed by atoms with E-state index in [2.05, 4.69) is 75.0 Å². The number of para-hydroxylation sites is 2. The van der Waals surface area contributed by atoms with E-state index in [4.69, 9.17) is 34.8 Å². The highest BCUT2D eigenvalue weighted by Crippen LogP contribution is 2.40. The summed E-state index contributed by atoms with van der Waals surface area (Å²) in [6.07, 6.45) is -3.67. The minimum absolute atomic E-state index is 0.0151.